The van der Waals surface area contributed by atoms with Crippen LogP contribution in [0.25, 0.3) is 11.1 Å². The molecular formula is C25H31N3O6. The van der Waals surface area contributed by atoms with Crippen molar-refractivity contribution < 1.29 is 29.0 Å². The first kappa shape index (κ1) is 25.2. The first-order valence-corrected chi connectivity index (χ1v) is 11.1. The van der Waals surface area contributed by atoms with Crippen LogP contribution in [0.3, 0.4) is 0 Å². The molecule has 0 aromatic heterocycles. The highest BCUT2D eigenvalue weighted by Gasteiger charge is 2.47. The minimum Gasteiger partial charge on any atom is -0.492 e. The molecule has 9 nitrogen and oxygen atoms in total. The Balaban J connectivity index is 1.62. The lowest BCUT2D eigenvalue weighted by molar-refractivity contribution is -0.154. The number of likely N-dealkylation sites (N-methyl/N-ethyl adjacent to an activating group) is 2. The normalized spacial score (nSPS) is 15.7. The molecule has 34 heavy (non-hydrogen) atoms. The van der Waals surface area contributed by atoms with Crippen molar-refractivity contribution in [3.63, 3.8) is 0 Å². The second-order valence-corrected chi connectivity index (χ2v) is 8.22. The molecule has 0 saturated carbocycles. The molecule has 0 bridgehead atoms. The van der Waals surface area contributed by atoms with Gasteiger partial charge in [-0.05, 0) is 42.3 Å². The van der Waals surface area contributed by atoms with E-state index in [1.165, 1.54) is 21.0 Å². The van der Waals surface area contributed by atoms with Gasteiger partial charge in [0.2, 0.25) is 5.54 Å². The van der Waals surface area contributed by atoms with E-state index in [0.717, 1.165) is 54.6 Å². The van der Waals surface area contributed by atoms with Crippen molar-refractivity contribution in [1.82, 2.24) is 15.1 Å². The van der Waals surface area contributed by atoms with Gasteiger partial charge in [0.1, 0.15) is 12.4 Å². The van der Waals surface area contributed by atoms with E-state index < -0.39 is 23.3 Å². The number of hydrogen-bond acceptors (Lipinski definition) is 6. The topological polar surface area (TPSA) is 108 Å². The molecule has 9 heteroatoms. The molecule has 0 spiro atoms. The van der Waals surface area contributed by atoms with Crippen molar-refractivity contribution in [2.45, 2.75) is 12.5 Å². The number of morpholine rings is 1. The number of amides is 2. The summed E-state index contributed by atoms with van der Waals surface area (Å²) in [6, 6.07) is 14.5. The minimum atomic E-state index is -2.03. The Bertz CT molecular complexity index is 1000. The van der Waals surface area contributed by atoms with E-state index in [4.69, 9.17) is 9.47 Å². The lowest BCUT2D eigenvalue weighted by Gasteiger charge is -2.33. The van der Waals surface area contributed by atoms with Crippen LogP contribution < -0.4 is 10.1 Å². The quantitative estimate of drug-likeness (QED) is 0.539. The van der Waals surface area contributed by atoms with Gasteiger partial charge < -0.3 is 24.8 Å². The average molecular weight is 470 g/mol. The number of rotatable bonds is 9. The highest BCUT2D eigenvalue weighted by Crippen LogP contribution is 2.24. The summed E-state index contributed by atoms with van der Waals surface area (Å²) in [5.74, 6) is -1.97. The molecule has 1 aliphatic heterocycles. The first-order valence-electron chi connectivity index (χ1n) is 11.1. The Morgan fingerprint density at radius 2 is 1.62 bits per heavy atom. The number of nitrogens with zero attached hydrogens (tertiary/aromatic N) is 2. The van der Waals surface area contributed by atoms with Gasteiger partial charge in [-0.15, -0.1) is 0 Å². The zero-order chi connectivity index (χ0) is 24.7. The van der Waals surface area contributed by atoms with Crippen LogP contribution in [0.5, 0.6) is 5.75 Å². The molecule has 1 unspecified atom stereocenters. The van der Waals surface area contributed by atoms with E-state index in [9.17, 15) is 19.5 Å². The van der Waals surface area contributed by atoms with Gasteiger partial charge in [-0.2, -0.15) is 0 Å². The maximum absolute atomic E-state index is 12.9. The first-order chi connectivity index (χ1) is 16.3. The predicted octanol–water partition coefficient (Wildman–Crippen LogP) is 1.73. The Morgan fingerprint density at radius 1 is 1.06 bits per heavy atom. The number of carbonyl (C=O) groups is 3. The summed E-state index contributed by atoms with van der Waals surface area (Å²) in [6.45, 7) is 6.05. The van der Waals surface area contributed by atoms with E-state index >= 15 is 0 Å². The summed E-state index contributed by atoms with van der Waals surface area (Å²) in [4.78, 5) is 40.0. The molecule has 1 saturated heterocycles. The van der Waals surface area contributed by atoms with Crippen molar-refractivity contribution in [1.29, 1.82) is 0 Å². The van der Waals surface area contributed by atoms with E-state index in [1.54, 1.807) is 24.3 Å². The van der Waals surface area contributed by atoms with Gasteiger partial charge in [0.05, 0.1) is 13.2 Å². The van der Waals surface area contributed by atoms with Crippen LogP contribution in [0.15, 0.2) is 48.5 Å². The fourth-order valence-corrected chi connectivity index (χ4v) is 3.70. The third kappa shape index (κ3) is 5.55. The average Bonchev–Trinajstić information content (AvgIpc) is 2.87. The summed E-state index contributed by atoms with van der Waals surface area (Å²) in [6.07, 6.45) is 0. The van der Waals surface area contributed by atoms with Crippen LogP contribution >= 0.6 is 0 Å². The summed E-state index contributed by atoms with van der Waals surface area (Å²) < 4.78 is 11.2. The van der Waals surface area contributed by atoms with Crippen LogP contribution in [0, 0.1) is 0 Å². The maximum Gasteiger partial charge on any atom is 0.339 e. The third-order valence-corrected chi connectivity index (χ3v) is 6.16. The molecule has 2 N–H and O–H groups in total. The van der Waals surface area contributed by atoms with E-state index in [-0.39, 0.29) is 5.56 Å². The number of carbonyl (C=O) groups excluding carboxylic acids is 2. The van der Waals surface area contributed by atoms with Gasteiger partial charge in [-0.25, -0.2) is 4.79 Å². The fraction of sp³-hybridized carbons (Fsp3) is 0.400. The Labute approximate surface area is 199 Å². The molecule has 1 atom stereocenters. The number of ether oxygens (including phenoxy) is 2. The molecule has 1 aliphatic rings. The summed E-state index contributed by atoms with van der Waals surface area (Å²) >= 11 is 0. The second kappa shape index (κ2) is 11.1. The van der Waals surface area contributed by atoms with Gasteiger partial charge in [0.25, 0.3) is 11.8 Å². The van der Waals surface area contributed by atoms with Crippen molar-refractivity contribution in [2.75, 3.05) is 53.6 Å². The Hall–Kier alpha value is -3.43. The van der Waals surface area contributed by atoms with Crippen molar-refractivity contribution >= 4 is 17.8 Å². The summed E-state index contributed by atoms with van der Waals surface area (Å²) in [7, 11) is 2.63. The van der Waals surface area contributed by atoms with Crippen LogP contribution in [0.4, 0.5) is 0 Å². The number of nitrogens with one attached hydrogen (secondary N) is 1. The monoisotopic (exact) mass is 469 g/mol. The standard InChI is InChI=1S/C25H31N3O6/c1-25(24(31)32,23(30)26-2)27(3)22(29)20-6-4-18(5-7-20)19-8-10-21(11-9-19)34-17-14-28-12-15-33-16-13-28/h4-11H,12-17H2,1-3H3,(H,26,30)(H,31,32). The molecule has 1 fully saturated rings. The van der Waals surface area contributed by atoms with Crippen LogP contribution in [0.1, 0.15) is 17.3 Å². The number of aliphatic carboxylic acids is 1. The lowest BCUT2D eigenvalue weighted by Crippen LogP contribution is -2.61. The van der Waals surface area contributed by atoms with Crippen LogP contribution in [-0.4, -0.2) is 91.8 Å². The third-order valence-electron chi connectivity index (χ3n) is 6.16. The predicted molar refractivity (Wildman–Crippen MR) is 127 cm³/mol. The molecule has 2 amide bonds. The molecule has 2 aromatic carbocycles. The fourth-order valence-electron chi connectivity index (χ4n) is 3.70. The van der Waals surface area contributed by atoms with Crippen molar-refractivity contribution in [3.8, 4) is 16.9 Å². The molecule has 3 rings (SSSR count). The number of benzene rings is 2. The lowest BCUT2D eigenvalue weighted by atomic mass is 9.97. The zero-order valence-electron chi connectivity index (χ0n) is 19.7. The number of hydrogen-bond donors (Lipinski definition) is 2. The molecule has 2 aromatic rings. The van der Waals surface area contributed by atoms with Crippen LogP contribution in [-0.2, 0) is 14.3 Å². The van der Waals surface area contributed by atoms with Crippen LogP contribution in [0.2, 0.25) is 0 Å². The number of carboxylic acid groups (broad SMARTS) is 1. The SMILES string of the molecule is CNC(=O)C(C)(C(=O)O)N(C)C(=O)c1ccc(-c2ccc(OCCN3CCOCC3)cc2)cc1. The van der Waals surface area contributed by atoms with E-state index in [0.29, 0.717) is 6.61 Å². The second-order valence-electron chi connectivity index (χ2n) is 8.22. The zero-order valence-corrected chi connectivity index (χ0v) is 19.7. The van der Waals surface area contributed by atoms with Gasteiger partial charge >= 0.3 is 5.97 Å². The molecule has 1 heterocycles. The Morgan fingerprint density at radius 3 is 2.15 bits per heavy atom. The summed E-state index contributed by atoms with van der Waals surface area (Å²) in [5.41, 5.74) is 0.105. The molecule has 0 radical (unpaired) electrons. The van der Waals surface area contributed by atoms with Crippen molar-refractivity contribution in [2.24, 2.45) is 0 Å². The summed E-state index contributed by atoms with van der Waals surface area (Å²) in [5, 5.41) is 11.9. The molecular weight excluding hydrogens is 438 g/mol. The molecule has 182 valence electrons. The smallest absolute Gasteiger partial charge is 0.339 e. The van der Waals surface area contributed by atoms with Gasteiger partial charge in [0.15, 0.2) is 0 Å². The van der Waals surface area contributed by atoms with E-state index in [2.05, 4.69) is 10.2 Å². The maximum atomic E-state index is 12.9. The van der Waals surface area contributed by atoms with E-state index in [1.807, 2.05) is 24.3 Å². The van der Waals surface area contributed by atoms with Gasteiger partial charge in [0, 0.05) is 39.3 Å². The highest BCUT2D eigenvalue weighted by atomic mass is 16.5. The van der Waals surface area contributed by atoms with Gasteiger partial charge in [-0.3, -0.25) is 14.5 Å². The molecule has 0 aliphatic carbocycles. The van der Waals surface area contributed by atoms with Crippen molar-refractivity contribution in [3.05, 3.63) is 54.1 Å². The van der Waals surface area contributed by atoms with Gasteiger partial charge in [-0.1, -0.05) is 24.3 Å². The Kier molecular flexibility index (Phi) is 8.25. The largest absolute Gasteiger partial charge is 0.492 e. The highest BCUT2D eigenvalue weighted by molar-refractivity contribution is 6.10. The number of carboxylic acids is 1. The minimum absolute atomic E-state index is 0.283.